The van der Waals surface area contributed by atoms with E-state index in [-0.39, 0.29) is 30.8 Å². The van der Waals surface area contributed by atoms with E-state index in [9.17, 15) is 0 Å². The second-order valence-corrected chi connectivity index (χ2v) is 0.105. The van der Waals surface area contributed by atoms with Crippen LogP contribution in [0.3, 0.4) is 0 Å². The fraction of sp³-hybridized carbons (Fsp3) is 0. The topological polar surface area (TPSA) is 68.8 Å². The summed E-state index contributed by atoms with van der Waals surface area (Å²) in [4.78, 5) is 8.36. The first-order valence-electron chi connectivity index (χ1n) is 0.494. The van der Waals surface area contributed by atoms with Crippen molar-refractivity contribution in [3.63, 3.8) is 0 Å². The summed E-state index contributed by atoms with van der Waals surface area (Å²) in [5, 5.41) is 6.89. The molecule has 3 N–H and O–H groups in total. The summed E-state index contributed by atoms with van der Waals surface area (Å²) in [7, 11) is 0. The average molecular weight is 72.0 g/mol. The summed E-state index contributed by atoms with van der Waals surface area (Å²) >= 11 is 0. The van der Waals surface area contributed by atoms with Crippen LogP contribution in [0, 0.1) is 0 Å². The summed E-state index contributed by atoms with van der Waals surface area (Å²) in [6.45, 7) is -0.250. The molecule has 0 radical (unpaired) electrons. The maximum absolute atomic E-state index is 8.36. The zero-order valence-corrected chi connectivity index (χ0v) is 1.93. The Morgan fingerprint density at radius 2 is 1.60 bits per heavy atom. The van der Waals surface area contributed by atoms with E-state index in [4.69, 9.17) is 9.90 Å². The van der Waals surface area contributed by atoms with Crippen molar-refractivity contribution in [2.45, 2.75) is 0 Å². The van der Waals surface area contributed by atoms with E-state index in [2.05, 4.69) is 0 Å². The Labute approximate surface area is 41.5 Å². The Morgan fingerprint density at radius 1 is 1.60 bits per heavy atom. The molecule has 0 aromatic heterocycles. The number of carbonyl (C=O) groups is 1. The van der Waals surface area contributed by atoms with E-state index >= 15 is 0 Å². The van der Waals surface area contributed by atoms with Crippen LogP contribution in [0.2, 0.25) is 0 Å². The summed E-state index contributed by atoms with van der Waals surface area (Å²) in [5.41, 5.74) is 0. The van der Waals surface area contributed by atoms with Crippen LogP contribution in [-0.4, -0.2) is 35.9 Å². The van der Waals surface area contributed by atoms with E-state index in [0.717, 1.165) is 0 Å². The molecule has 0 fully saturated rings. The second-order valence-electron chi connectivity index (χ2n) is 0.105. The van der Waals surface area contributed by atoms with E-state index in [1.165, 1.54) is 0 Å². The maximum atomic E-state index is 8.36. The molecule has 0 unspecified atom stereocenters. The molecular formula is CH5LiO3. The van der Waals surface area contributed by atoms with Crippen molar-refractivity contribution < 1.29 is 15.4 Å². The Bertz CT molecular complexity index is 14.4. The predicted octanol–water partition coefficient (Wildman–Crippen LogP) is -1.77. The van der Waals surface area contributed by atoms with Crippen molar-refractivity contribution in [1.29, 1.82) is 0 Å². The van der Waals surface area contributed by atoms with Crippen molar-refractivity contribution in [3.05, 3.63) is 0 Å². The second kappa shape index (κ2) is 35.0. The van der Waals surface area contributed by atoms with E-state index in [1.807, 2.05) is 0 Å². The molecule has 4 heteroatoms. The zero-order chi connectivity index (χ0) is 2.71. The van der Waals surface area contributed by atoms with Gasteiger partial charge in [0.05, 0.1) is 0 Å². The number of hydrogen-bond donors (Lipinski definition) is 1. The molecule has 0 aliphatic heterocycles. The third-order valence-electron chi connectivity index (χ3n) is 0. The fourth-order valence-corrected chi connectivity index (χ4v) is 0. The number of hydrogen-bond acceptors (Lipinski definition) is 1. The minimum absolute atomic E-state index is 0. The molecule has 0 aromatic carbocycles. The first-order valence-corrected chi connectivity index (χ1v) is 0.494. The van der Waals surface area contributed by atoms with Crippen molar-refractivity contribution in [2.75, 3.05) is 0 Å². The molecule has 0 heterocycles. The molecule has 3 nitrogen and oxygen atoms in total. The third kappa shape index (κ3) is 22000. The Balaban J connectivity index is -0.0000000200. The zero-order valence-electron chi connectivity index (χ0n) is 1.93. The molecule has 0 bridgehead atoms. The molecule has 0 spiro atoms. The molecular weight excluding hydrogens is 66.9 g/mol. The van der Waals surface area contributed by atoms with Gasteiger partial charge in [-0.25, -0.2) is 0 Å². The molecule has 0 rings (SSSR count). The quantitative estimate of drug-likeness (QED) is 0.271. The molecule has 0 saturated carbocycles. The average Bonchev–Trinajstić information content (AvgIpc) is 0.918. The molecule has 0 saturated heterocycles. The summed E-state index contributed by atoms with van der Waals surface area (Å²) in [5.74, 6) is 0. The van der Waals surface area contributed by atoms with Crippen molar-refractivity contribution >= 4 is 25.3 Å². The molecule has 0 aliphatic rings. The van der Waals surface area contributed by atoms with Gasteiger partial charge in [-0.3, -0.25) is 4.79 Å². The van der Waals surface area contributed by atoms with Gasteiger partial charge in [-0.05, 0) is 0 Å². The van der Waals surface area contributed by atoms with Gasteiger partial charge in [0.15, 0.2) is 0 Å². The van der Waals surface area contributed by atoms with Crippen LogP contribution in [0.5, 0.6) is 0 Å². The molecule has 0 amide bonds. The standard InChI is InChI=1S/CH2O2.Li.H2O.H/c2-1-3;;;/h1H,(H,2,3);;1H2;. The van der Waals surface area contributed by atoms with Crippen LogP contribution < -0.4 is 0 Å². The fourth-order valence-electron chi connectivity index (χ4n) is 0. The van der Waals surface area contributed by atoms with Crippen molar-refractivity contribution in [2.24, 2.45) is 0 Å². The van der Waals surface area contributed by atoms with Gasteiger partial charge in [0.1, 0.15) is 0 Å². The predicted molar refractivity (Wildman–Crippen MR) is 19.5 cm³/mol. The molecule has 0 aliphatic carbocycles. The van der Waals surface area contributed by atoms with Crippen LogP contribution in [0.4, 0.5) is 0 Å². The van der Waals surface area contributed by atoms with Crippen LogP contribution >= 0.6 is 0 Å². The van der Waals surface area contributed by atoms with E-state index in [0.29, 0.717) is 0 Å². The SMILES string of the molecule is O.O=CO.[LiH]. The first kappa shape index (κ1) is 19.8. The molecule has 0 aromatic rings. The van der Waals surface area contributed by atoms with Gasteiger partial charge in [0.2, 0.25) is 0 Å². The van der Waals surface area contributed by atoms with Gasteiger partial charge >= 0.3 is 18.9 Å². The normalized spacial score (nSPS) is 2.40. The monoisotopic (exact) mass is 72.0 g/mol. The first-order chi connectivity index (χ1) is 1.41. The van der Waals surface area contributed by atoms with Gasteiger partial charge < -0.3 is 10.6 Å². The number of rotatable bonds is 0. The van der Waals surface area contributed by atoms with Gasteiger partial charge in [-0.1, -0.05) is 0 Å². The number of carboxylic acid groups (broad SMARTS) is 1. The van der Waals surface area contributed by atoms with Crippen molar-refractivity contribution in [1.82, 2.24) is 0 Å². The van der Waals surface area contributed by atoms with Crippen LogP contribution in [0.15, 0.2) is 0 Å². The van der Waals surface area contributed by atoms with E-state index < -0.39 is 0 Å². The summed E-state index contributed by atoms with van der Waals surface area (Å²) < 4.78 is 0. The minimum atomic E-state index is -0.250. The third-order valence-corrected chi connectivity index (χ3v) is 0. The summed E-state index contributed by atoms with van der Waals surface area (Å²) in [6.07, 6.45) is 0. The van der Waals surface area contributed by atoms with Gasteiger partial charge in [-0.2, -0.15) is 0 Å². The Hall–Kier alpha value is 0.0274. The molecule has 28 valence electrons. The van der Waals surface area contributed by atoms with Crippen LogP contribution in [0.25, 0.3) is 0 Å². The molecule has 5 heavy (non-hydrogen) atoms. The van der Waals surface area contributed by atoms with Gasteiger partial charge in [0, 0.05) is 0 Å². The molecule has 0 atom stereocenters. The van der Waals surface area contributed by atoms with Crippen LogP contribution in [-0.2, 0) is 4.79 Å². The van der Waals surface area contributed by atoms with Crippen LogP contribution in [0.1, 0.15) is 0 Å². The Morgan fingerprint density at radius 3 is 1.60 bits per heavy atom. The van der Waals surface area contributed by atoms with Gasteiger partial charge in [-0.15, -0.1) is 0 Å². The van der Waals surface area contributed by atoms with Crippen molar-refractivity contribution in [3.8, 4) is 0 Å². The Kier molecular flexibility index (Phi) is 139. The summed E-state index contributed by atoms with van der Waals surface area (Å²) in [6, 6.07) is 0. The van der Waals surface area contributed by atoms with E-state index in [1.54, 1.807) is 0 Å². The van der Waals surface area contributed by atoms with Gasteiger partial charge in [0.25, 0.3) is 6.47 Å².